The minimum Gasteiger partial charge on any atom is -0.341 e. The molecule has 4 aliphatic rings. The van der Waals surface area contributed by atoms with E-state index in [1.807, 2.05) is 0 Å². The van der Waals surface area contributed by atoms with Crippen LogP contribution >= 0.6 is 0 Å². The van der Waals surface area contributed by atoms with Gasteiger partial charge >= 0.3 is 0 Å². The minimum atomic E-state index is 0.194. The Morgan fingerprint density at radius 1 is 0.830 bits per heavy atom. The molecule has 1 saturated carbocycles. The van der Waals surface area contributed by atoms with E-state index in [2.05, 4.69) is 163 Å². The van der Waals surface area contributed by atoms with Gasteiger partial charge in [-0.15, -0.1) is 0 Å². The molecule has 3 atom stereocenters. The number of fused-ring (bicyclic) bond motifs is 3. The van der Waals surface area contributed by atoms with Gasteiger partial charge in [0.1, 0.15) is 0 Å². The van der Waals surface area contributed by atoms with Crippen molar-refractivity contribution in [3.05, 3.63) is 178 Å². The molecule has 1 saturated heterocycles. The number of nitrogens with one attached hydrogen (secondary N) is 1. The summed E-state index contributed by atoms with van der Waals surface area (Å²) in [5, 5.41) is 2.13. The first-order valence-electron chi connectivity index (χ1n) is 17.2. The van der Waals surface area contributed by atoms with E-state index in [9.17, 15) is 0 Å². The molecule has 0 amide bonds. The lowest BCUT2D eigenvalue weighted by molar-refractivity contribution is 0.613. The number of hydrogen-bond donors (Lipinski definition) is 1. The summed E-state index contributed by atoms with van der Waals surface area (Å²) in [7, 11) is 0. The average molecular weight is 614 g/mol. The van der Waals surface area contributed by atoms with E-state index < -0.39 is 0 Å². The average Bonchev–Trinajstić information content (AvgIpc) is 3.78. The molecule has 4 aromatic rings. The highest BCUT2D eigenvalue weighted by Crippen LogP contribution is 2.52. The van der Waals surface area contributed by atoms with Crippen molar-refractivity contribution in [1.82, 2.24) is 5.43 Å². The molecular weight excluding hydrogens is 571 g/mol. The molecule has 2 fully saturated rings. The number of anilines is 2. The monoisotopic (exact) mass is 613 g/mol. The molecule has 0 radical (unpaired) electrons. The van der Waals surface area contributed by atoms with Gasteiger partial charge < -0.3 is 4.90 Å². The maximum Gasteiger partial charge on any atom is 0.0578 e. The predicted molar refractivity (Wildman–Crippen MR) is 198 cm³/mol. The molecule has 0 aromatic heterocycles. The van der Waals surface area contributed by atoms with E-state index in [0.717, 1.165) is 24.2 Å². The van der Waals surface area contributed by atoms with Gasteiger partial charge in [-0.25, -0.2) is 5.43 Å². The zero-order chi connectivity index (χ0) is 31.9. The Labute approximate surface area is 279 Å². The van der Waals surface area contributed by atoms with Gasteiger partial charge in [-0.1, -0.05) is 110 Å². The third-order valence-corrected chi connectivity index (χ3v) is 10.5. The van der Waals surface area contributed by atoms with E-state index >= 15 is 0 Å². The Balaban J connectivity index is 1.08. The number of hydrogen-bond acceptors (Lipinski definition) is 3. The predicted octanol–water partition coefficient (Wildman–Crippen LogP) is 10.5. The van der Waals surface area contributed by atoms with Gasteiger partial charge in [0, 0.05) is 23.3 Å². The van der Waals surface area contributed by atoms with Crippen LogP contribution < -0.4 is 15.3 Å². The Morgan fingerprint density at radius 2 is 1.55 bits per heavy atom. The maximum absolute atomic E-state index is 4.49. The molecule has 0 bridgehead atoms. The Kier molecular flexibility index (Phi) is 7.79. The van der Waals surface area contributed by atoms with Crippen LogP contribution in [-0.4, -0.2) is 12.1 Å². The van der Waals surface area contributed by atoms with Crippen molar-refractivity contribution in [2.24, 2.45) is 0 Å². The van der Waals surface area contributed by atoms with Gasteiger partial charge in [-0.2, -0.15) is 0 Å². The standard InChI is InChI=1S/C44H43N3/c1-30-17-22-38(23-18-30)47-32(3)40(31(2)45-47)28-34-21-26-44-42(29-34)39-15-10-16-43(39)46(44)37-24-19-33(20-25-37)27-41(35-11-6-4-7-12-35)36-13-8-5-9-14-36/h4-9,11-14,17-19,21-24,26-29,31,39,43,45H,3,10,15-16,20,25H2,1-2H3/b40-28-. The SMILES string of the molecule is C=C1/C(=C\c2ccc3c(c2)C2CCCC2N3C2=CC=C(C=C(c3ccccc3)c3ccccc3)CC2)C(C)NN1c1ccc(C)cc1. The second-order valence-corrected chi connectivity index (χ2v) is 13.6. The number of aryl methyl sites for hydroxylation is 1. The summed E-state index contributed by atoms with van der Waals surface area (Å²) in [5.41, 5.74) is 19.1. The number of benzene rings is 4. The lowest BCUT2D eigenvalue weighted by Gasteiger charge is -2.31. The van der Waals surface area contributed by atoms with Crippen molar-refractivity contribution < 1.29 is 0 Å². The quantitative estimate of drug-likeness (QED) is 0.233. The van der Waals surface area contributed by atoms with Gasteiger partial charge in [0.2, 0.25) is 0 Å². The number of allylic oxidation sites excluding steroid dienone is 5. The zero-order valence-corrected chi connectivity index (χ0v) is 27.5. The van der Waals surface area contributed by atoms with Crippen LogP contribution in [0.1, 0.15) is 72.8 Å². The number of nitrogens with zero attached hydrogens (tertiary/aromatic N) is 2. The van der Waals surface area contributed by atoms with Crippen molar-refractivity contribution >= 4 is 23.0 Å². The summed E-state index contributed by atoms with van der Waals surface area (Å²) in [6.07, 6.45) is 15.5. The molecule has 0 spiro atoms. The Hall–Kier alpha value is -4.86. The van der Waals surface area contributed by atoms with Crippen molar-refractivity contribution in [3.8, 4) is 0 Å². The van der Waals surface area contributed by atoms with Crippen LogP contribution in [0, 0.1) is 6.92 Å². The van der Waals surface area contributed by atoms with Gasteiger partial charge in [-0.3, -0.25) is 5.01 Å². The van der Waals surface area contributed by atoms with Crippen LogP contribution in [0.5, 0.6) is 0 Å². The van der Waals surface area contributed by atoms with Crippen LogP contribution in [0.2, 0.25) is 0 Å². The van der Waals surface area contributed by atoms with E-state index in [1.54, 1.807) is 0 Å². The second-order valence-electron chi connectivity index (χ2n) is 13.6. The smallest absolute Gasteiger partial charge is 0.0578 e. The first kappa shape index (κ1) is 29.5. The third-order valence-electron chi connectivity index (χ3n) is 10.5. The molecule has 8 rings (SSSR count). The summed E-state index contributed by atoms with van der Waals surface area (Å²) < 4.78 is 0. The van der Waals surface area contributed by atoms with E-state index in [-0.39, 0.29) is 6.04 Å². The third kappa shape index (κ3) is 5.59. The van der Waals surface area contributed by atoms with Gasteiger partial charge in [0.25, 0.3) is 0 Å². The summed E-state index contributed by atoms with van der Waals surface area (Å²) in [4.78, 5) is 2.70. The molecule has 3 heteroatoms. The fraction of sp³-hybridized carbons (Fsp3) is 0.227. The maximum atomic E-state index is 4.49. The normalized spacial score (nSPS) is 22.6. The van der Waals surface area contributed by atoms with Gasteiger partial charge in [0.15, 0.2) is 0 Å². The van der Waals surface area contributed by atoms with Crippen molar-refractivity contribution in [2.75, 3.05) is 9.91 Å². The molecule has 2 aliphatic carbocycles. The highest BCUT2D eigenvalue weighted by atomic mass is 15.5. The molecule has 4 aromatic carbocycles. The highest BCUT2D eigenvalue weighted by molar-refractivity contribution is 5.82. The van der Waals surface area contributed by atoms with E-state index in [1.165, 1.54) is 75.2 Å². The largest absolute Gasteiger partial charge is 0.341 e. The van der Waals surface area contributed by atoms with Crippen molar-refractivity contribution in [2.45, 2.75) is 64.0 Å². The van der Waals surface area contributed by atoms with Crippen LogP contribution in [0.25, 0.3) is 11.6 Å². The highest BCUT2D eigenvalue weighted by Gasteiger charge is 2.42. The number of hydrazine groups is 1. The molecule has 2 aliphatic heterocycles. The minimum absolute atomic E-state index is 0.194. The van der Waals surface area contributed by atoms with E-state index in [0.29, 0.717) is 12.0 Å². The second kappa shape index (κ2) is 12.4. The molecule has 3 nitrogen and oxygen atoms in total. The molecule has 3 unspecified atom stereocenters. The van der Waals surface area contributed by atoms with Crippen LogP contribution in [0.15, 0.2) is 150 Å². The lowest BCUT2D eigenvalue weighted by atomic mass is 9.92. The molecule has 1 N–H and O–H groups in total. The number of rotatable bonds is 6. The Morgan fingerprint density at radius 3 is 2.23 bits per heavy atom. The zero-order valence-electron chi connectivity index (χ0n) is 27.5. The van der Waals surface area contributed by atoms with Gasteiger partial charge in [0.05, 0.1) is 17.4 Å². The fourth-order valence-corrected chi connectivity index (χ4v) is 8.09. The lowest BCUT2D eigenvalue weighted by Crippen LogP contribution is -2.33. The van der Waals surface area contributed by atoms with Crippen LogP contribution in [0.3, 0.4) is 0 Å². The molecular formula is C44H43N3. The summed E-state index contributed by atoms with van der Waals surface area (Å²) in [5.74, 6) is 0.601. The van der Waals surface area contributed by atoms with Crippen LogP contribution in [-0.2, 0) is 0 Å². The van der Waals surface area contributed by atoms with Crippen molar-refractivity contribution in [3.63, 3.8) is 0 Å². The Bertz CT molecular complexity index is 1890. The van der Waals surface area contributed by atoms with Crippen LogP contribution in [0.4, 0.5) is 11.4 Å². The summed E-state index contributed by atoms with van der Waals surface area (Å²) in [6.45, 7) is 8.84. The summed E-state index contributed by atoms with van der Waals surface area (Å²) in [6, 6.07) is 38.1. The summed E-state index contributed by atoms with van der Waals surface area (Å²) >= 11 is 0. The molecule has 2 heterocycles. The van der Waals surface area contributed by atoms with Gasteiger partial charge in [-0.05, 0) is 115 Å². The first-order valence-corrected chi connectivity index (χ1v) is 17.2. The topological polar surface area (TPSA) is 18.5 Å². The van der Waals surface area contributed by atoms with Crippen molar-refractivity contribution in [1.29, 1.82) is 0 Å². The fourth-order valence-electron chi connectivity index (χ4n) is 8.09. The molecule has 47 heavy (non-hydrogen) atoms. The first-order chi connectivity index (χ1) is 23.0. The molecule has 234 valence electrons. The van der Waals surface area contributed by atoms with E-state index in [4.69, 9.17) is 0 Å².